The Morgan fingerprint density at radius 1 is 1.40 bits per heavy atom. The quantitative estimate of drug-likeness (QED) is 0.676. The molecule has 1 heterocycles. The summed E-state index contributed by atoms with van der Waals surface area (Å²) in [6, 6.07) is 6.66. The van der Waals surface area contributed by atoms with Crippen molar-refractivity contribution in [1.82, 2.24) is 0 Å². The Bertz CT molecular complexity index is 543. The van der Waals surface area contributed by atoms with E-state index < -0.39 is 4.92 Å². The van der Waals surface area contributed by atoms with E-state index in [0.29, 0.717) is 0 Å². The van der Waals surface area contributed by atoms with Crippen LogP contribution in [0.4, 0.5) is 11.4 Å². The van der Waals surface area contributed by atoms with E-state index in [2.05, 4.69) is 5.32 Å². The molecule has 2 rings (SSSR count). The highest BCUT2D eigenvalue weighted by Crippen LogP contribution is 2.26. The monoisotopic (exact) mass is 275 g/mol. The van der Waals surface area contributed by atoms with Gasteiger partial charge in [-0.2, -0.15) is 5.26 Å². The highest BCUT2D eigenvalue weighted by Gasteiger charge is 2.24. The number of nitrogens with one attached hydrogen (secondary N) is 1. The molecule has 1 unspecified atom stereocenters. The van der Waals surface area contributed by atoms with Crippen molar-refractivity contribution in [3.63, 3.8) is 0 Å². The summed E-state index contributed by atoms with van der Waals surface area (Å²) in [5, 5.41) is 23.1. The SMILES string of the molecule is C[C@@H]1CC(Nc2ccc([N+](=O)[O-])c(C#N)c2)C[C@H](C)O1. The average Bonchev–Trinajstić information content (AvgIpc) is 2.37. The van der Waals surface area contributed by atoms with Gasteiger partial charge in [-0.15, -0.1) is 0 Å². The predicted molar refractivity (Wildman–Crippen MR) is 74.5 cm³/mol. The van der Waals surface area contributed by atoms with Crippen LogP contribution in [0, 0.1) is 21.4 Å². The molecule has 0 amide bonds. The highest BCUT2D eigenvalue weighted by atomic mass is 16.6. The molecule has 1 saturated heterocycles. The maximum atomic E-state index is 10.8. The van der Waals surface area contributed by atoms with Crippen LogP contribution in [0.15, 0.2) is 18.2 Å². The van der Waals surface area contributed by atoms with Gasteiger partial charge in [0.05, 0.1) is 17.1 Å². The van der Waals surface area contributed by atoms with Crippen LogP contribution in [-0.2, 0) is 4.74 Å². The van der Waals surface area contributed by atoms with Crippen molar-refractivity contribution in [2.45, 2.75) is 44.9 Å². The second-order valence-corrected chi connectivity index (χ2v) is 5.17. The zero-order valence-electron chi connectivity index (χ0n) is 11.5. The maximum absolute atomic E-state index is 10.8. The minimum atomic E-state index is -0.541. The van der Waals surface area contributed by atoms with Gasteiger partial charge in [-0.1, -0.05) is 0 Å². The maximum Gasteiger partial charge on any atom is 0.287 e. The second kappa shape index (κ2) is 5.88. The van der Waals surface area contributed by atoms with Crippen LogP contribution in [-0.4, -0.2) is 23.2 Å². The van der Waals surface area contributed by atoms with Gasteiger partial charge >= 0.3 is 0 Å². The minimum Gasteiger partial charge on any atom is -0.382 e. The first kappa shape index (κ1) is 14.3. The summed E-state index contributed by atoms with van der Waals surface area (Å²) in [7, 11) is 0. The smallest absolute Gasteiger partial charge is 0.287 e. The molecule has 0 spiro atoms. The zero-order valence-corrected chi connectivity index (χ0v) is 11.5. The number of nitrogens with zero attached hydrogens (tertiary/aromatic N) is 2. The summed E-state index contributed by atoms with van der Waals surface area (Å²) in [4.78, 5) is 10.2. The van der Waals surface area contributed by atoms with Crippen molar-refractivity contribution in [3.8, 4) is 6.07 Å². The van der Waals surface area contributed by atoms with Crippen molar-refractivity contribution < 1.29 is 9.66 Å². The Morgan fingerprint density at radius 2 is 2.05 bits per heavy atom. The molecule has 6 heteroatoms. The molecule has 1 aliphatic rings. The van der Waals surface area contributed by atoms with E-state index in [1.54, 1.807) is 6.07 Å². The molecule has 1 aromatic carbocycles. The molecule has 0 radical (unpaired) electrons. The van der Waals surface area contributed by atoms with Crippen molar-refractivity contribution in [3.05, 3.63) is 33.9 Å². The lowest BCUT2D eigenvalue weighted by atomic mass is 9.99. The van der Waals surface area contributed by atoms with E-state index in [1.165, 1.54) is 12.1 Å². The van der Waals surface area contributed by atoms with Gasteiger partial charge in [0.15, 0.2) is 0 Å². The summed E-state index contributed by atoms with van der Waals surface area (Å²) in [6.45, 7) is 4.06. The Balaban J connectivity index is 2.14. The fraction of sp³-hybridized carbons (Fsp3) is 0.500. The first-order valence-corrected chi connectivity index (χ1v) is 6.60. The van der Waals surface area contributed by atoms with Crippen molar-refractivity contribution in [1.29, 1.82) is 5.26 Å². The van der Waals surface area contributed by atoms with Gasteiger partial charge in [-0.05, 0) is 38.8 Å². The third kappa shape index (κ3) is 3.25. The van der Waals surface area contributed by atoms with Crippen LogP contribution >= 0.6 is 0 Å². The fourth-order valence-corrected chi connectivity index (χ4v) is 2.63. The Labute approximate surface area is 117 Å². The lowest BCUT2D eigenvalue weighted by Gasteiger charge is -2.33. The third-order valence-electron chi connectivity index (χ3n) is 3.38. The van der Waals surface area contributed by atoms with Crippen molar-refractivity contribution in [2.75, 3.05) is 5.32 Å². The van der Waals surface area contributed by atoms with E-state index in [-0.39, 0.29) is 29.5 Å². The van der Waals surface area contributed by atoms with Crippen LogP contribution < -0.4 is 5.32 Å². The zero-order chi connectivity index (χ0) is 14.7. The van der Waals surface area contributed by atoms with Gasteiger partial charge in [0.25, 0.3) is 5.69 Å². The van der Waals surface area contributed by atoms with Crippen LogP contribution in [0.5, 0.6) is 0 Å². The molecule has 1 fully saturated rings. The summed E-state index contributed by atoms with van der Waals surface area (Å²) < 4.78 is 5.67. The van der Waals surface area contributed by atoms with Gasteiger partial charge < -0.3 is 10.1 Å². The molecular formula is C14H17N3O3. The average molecular weight is 275 g/mol. The lowest BCUT2D eigenvalue weighted by molar-refractivity contribution is -0.385. The molecule has 3 atom stereocenters. The summed E-state index contributed by atoms with van der Waals surface area (Å²) in [6.07, 6.45) is 2.13. The number of nitriles is 1. The molecule has 1 N–H and O–H groups in total. The summed E-state index contributed by atoms with van der Waals surface area (Å²) in [5.41, 5.74) is 0.651. The molecule has 1 aromatic rings. The first-order chi connectivity index (χ1) is 9.49. The fourth-order valence-electron chi connectivity index (χ4n) is 2.63. The highest BCUT2D eigenvalue weighted by molar-refractivity contribution is 5.59. The van der Waals surface area contributed by atoms with E-state index in [0.717, 1.165) is 18.5 Å². The topological polar surface area (TPSA) is 88.2 Å². The van der Waals surface area contributed by atoms with Gasteiger partial charge in [-0.3, -0.25) is 10.1 Å². The molecule has 20 heavy (non-hydrogen) atoms. The Kier molecular flexibility index (Phi) is 4.20. The van der Waals surface area contributed by atoms with E-state index in [1.807, 2.05) is 19.9 Å². The number of rotatable bonds is 3. The van der Waals surface area contributed by atoms with Gasteiger partial charge in [0, 0.05) is 17.8 Å². The number of anilines is 1. The largest absolute Gasteiger partial charge is 0.382 e. The number of hydrogen-bond donors (Lipinski definition) is 1. The standard InChI is InChI=1S/C14H17N3O3/c1-9-5-13(6-10(2)20-9)16-12-3-4-14(17(18)19)11(7-12)8-15/h3-4,7,9-10,13,16H,5-6H2,1-2H3/t9-,10+,13?. The molecular weight excluding hydrogens is 258 g/mol. The van der Waals surface area contributed by atoms with Gasteiger partial charge in [0.2, 0.25) is 0 Å². The first-order valence-electron chi connectivity index (χ1n) is 6.60. The van der Waals surface area contributed by atoms with Gasteiger partial charge in [-0.25, -0.2) is 0 Å². The number of ether oxygens (including phenoxy) is 1. The summed E-state index contributed by atoms with van der Waals surface area (Å²) in [5.74, 6) is 0. The van der Waals surface area contributed by atoms with Crippen LogP contribution in [0.3, 0.4) is 0 Å². The minimum absolute atomic E-state index is 0.0770. The predicted octanol–water partition coefficient (Wildman–Crippen LogP) is 2.83. The van der Waals surface area contributed by atoms with Crippen LogP contribution in [0.1, 0.15) is 32.3 Å². The summed E-state index contributed by atoms with van der Waals surface area (Å²) >= 11 is 0. The molecule has 0 saturated carbocycles. The Hall–Kier alpha value is -2.13. The molecule has 0 bridgehead atoms. The van der Waals surface area contributed by atoms with Crippen molar-refractivity contribution in [2.24, 2.45) is 0 Å². The molecule has 1 aliphatic heterocycles. The molecule has 106 valence electrons. The van der Waals surface area contributed by atoms with Crippen LogP contribution in [0.2, 0.25) is 0 Å². The number of nitro benzene ring substituents is 1. The van der Waals surface area contributed by atoms with Crippen molar-refractivity contribution >= 4 is 11.4 Å². The molecule has 0 aliphatic carbocycles. The molecule has 6 nitrogen and oxygen atoms in total. The van der Waals surface area contributed by atoms with Gasteiger partial charge in [0.1, 0.15) is 11.6 Å². The number of hydrogen-bond acceptors (Lipinski definition) is 5. The van der Waals surface area contributed by atoms with E-state index >= 15 is 0 Å². The van der Waals surface area contributed by atoms with E-state index in [4.69, 9.17) is 10.00 Å². The van der Waals surface area contributed by atoms with E-state index in [9.17, 15) is 10.1 Å². The second-order valence-electron chi connectivity index (χ2n) is 5.17. The Morgan fingerprint density at radius 3 is 2.60 bits per heavy atom. The molecule has 0 aromatic heterocycles. The third-order valence-corrected chi connectivity index (χ3v) is 3.38. The number of nitro groups is 1. The van der Waals surface area contributed by atoms with Crippen LogP contribution in [0.25, 0.3) is 0 Å². The number of benzene rings is 1. The lowest BCUT2D eigenvalue weighted by Crippen LogP contribution is -2.36. The normalized spacial score (nSPS) is 25.8.